The van der Waals surface area contributed by atoms with Gasteiger partial charge in [-0.15, -0.1) is 11.3 Å². The zero-order chi connectivity index (χ0) is 17.0. The summed E-state index contributed by atoms with van der Waals surface area (Å²) in [5, 5.41) is 4.87. The van der Waals surface area contributed by atoms with E-state index in [2.05, 4.69) is 24.1 Å². The Kier molecular flexibility index (Phi) is 6.41. The summed E-state index contributed by atoms with van der Waals surface area (Å²) < 4.78 is 4.97. The van der Waals surface area contributed by atoms with Crippen molar-refractivity contribution in [2.24, 2.45) is 0 Å². The van der Waals surface area contributed by atoms with Crippen molar-refractivity contribution < 1.29 is 9.53 Å². The fourth-order valence-corrected chi connectivity index (χ4v) is 4.81. The zero-order valence-corrected chi connectivity index (χ0v) is 16.0. The number of thiocarbonyl (C=S) groups is 1. The molecule has 23 heavy (non-hydrogen) atoms. The molecule has 1 aliphatic heterocycles. The van der Waals surface area contributed by atoms with E-state index < -0.39 is 0 Å². The maximum Gasteiger partial charge on any atom is 0.341 e. The molecule has 1 atom stereocenters. The van der Waals surface area contributed by atoms with Crippen LogP contribution >= 0.6 is 23.6 Å². The topological polar surface area (TPSA) is 41.6 Å². The second kappa shape index (κ2) is 8.11. The molecule has 128 valence electrons. The molecule has 1 fully saturated rings. The van der Waals surface area contributed by atoms with Gasteiger partial charge in [0.1, 0.15) is 5.00 Å². The van der Waals surface area contributed by atoms with Gasteiger partial charge in [0.05, 0.1) is 12.7 Å². The molecule has 2 rings (SSSR count). The van der Waals surface area contributed by atoms with Gasteiger partial charge >= 0.3 is 5.97 Å². The van der Waals surface area contributed by atoms with Crippen LogP contribution in [0.15, 0.2) is 0 Å². The summed E-state index contributed by atoms with van der Waals surface area (Å²) in [5.74, 6) is -0.290. The second-order valence-corrected chi connectivity index (χ2v) is 7.48. The lowest BCUT2D eigenvalue weighted by Crippen LogP contribution is -2.45. The molecule has 2 heterocycles. The van der Waals surface area contributed by atoms with E-state index in [0.717, 1.165) is 39.9 Å². The van der Waals surface area contributed by atoms with Crippen molar-refractivity contribution >= 4 is 39.6 Å². The Morgan fingerprint density at radius 3 is 2.78 bits per heavy atom. The molecule has 1 saturated heterocycles. The van der Waals surface area contributed by atoms with Crippen molar-refractivity contribution in [1.82, 2.24) is 4.90 Å². The Hall–Kier alpha value is -1.14. The summed E-state index contributed by atoms with van der Waals surface area (Å²) in [4.78, 5) is 15.6. The molecule has 0 aromatic carbocycles. The molecule has 0 radical (unpaired) electrons. The monoisotopic (exact) mass is 354 g/mol. The molecule has 4 nitrogen and oxygen atoms in total. The number of aryl methyl sites for hydroxylation is 1. The minimum absolute atomic E-state index is 0.290. The highest BCUT2D eigenvalue weighted by Crippen LogP contribution is 2.34. The number of piperidine rings is 1. The van der Waals surface area contributed by atoms with E-state index in [1.54, 1.807) is 11.3 Å². The van der Waals surface area contributed by atoms with Crippen LogP contribution in [0.2, 0.25) is 0 Å². The molecule has 0 amide bonds. The van der Waals surface area contributed by atoms with Crippen LogP contribution in [0.4, 0.5) is 5.00 Å². The first-order valence-electron chi connectivity index (χ1n) is 8.31. The molecule has 0 saturated carbocycles. The molecular formula is C17H26N2O2S2. The number of methoxy groups -OCH3 is 1. The number of esters is 1. The van der Waals surface area contributed by atoms with E-state index in [0.29, 0.717) is 11.6 Å². The summed E-state index contributed by atoms with van der Waals surface area (Å²) in [6, 6.07) is 0.497. The van der Waals surface area contributed by atoms with Gasteiger partial charge in [-0.25, -0.2) is 4.79 Å². The summed E-state index contributed by atoms with van der Waals surface area (Å²) in [6.07, 6.45) is 5.53. The number of nitrogens with one attached hydrogen (secondary N) is 1. The third-order valence-electron chi connectivity index (χ3n) is 4.53. The molecule has 6 heteroatoms. The van der Waals surface area contributed by atoms with Gasteiger partial charge in [-0.3, -0.25) is 0 Å². The molecule has 1 N–H and O–H groups in total. The lowest BCUT2D eigenvalue weighted by molar-refractivity contribution is 0.0601. The standard InChI is InChI=1S/C17H26N2O2S2/c1-5-12-9-7-8-10-19(12)17(22)18-15-14(16(20)21-4)13(6-2)11(3)23-15/h12H,5-10H2,1-4H3,(H,18,22). The maximum atomic E-state index is 12.2. The molecule has 1 aromatic rings. The minimum atomic E-state index is -0.290. The van der Waals surface area contributed by atoms with E-state index in [1.807, 2.05) is 6.92 Å². The number of nitrogens with zero attached hydrogens (tertiary/aromatic N) is 1. The first-order valence-corrected chi connectivity index (χ1v) is 9.54. The predicted octanol–water partition coefficient (Wildman–Crippen LogP) is 4.37. The molecule has 0 aliphatic carbocycles. The number of anilines is 1. The van der Waals surface area contributed by atoms with Crippen LogP contribution in [0.1, 0.15) is 60.3 Å². The first-order chi connectivity index (χ1) is 11.0. The van der Waals surface area contributed by atoms with Crippen molar-refractivity contribution in [3.63, 3.8) is 0 Å². The van der Waals surface area contributed by atoms with Gasteiger partial charge < -0.3 is 15.0 Å². The van der Waals surface area contributed by atoms with E-state index in [-0.39, 0.29) is 5.97 Å². The maximum absolute atomic E-state index is 12.2. The van der Waals surface area contributed by atoms with Gasteiger partial charge in [-0.1, -0.05) is 13.8 Å². The zero-order valence-electron chi connectivity index (χ0n) is 14.4. The highest BCUT2D eigenvalue weighted by molar-refractivity contribution is 7.80. The summed E-state index contributed by atoms with van der Waals surface area (Å²) in [7, 11) is 1.43. The Labute approximate surface area is 148 Å². The third-order valence-corrected chi connectivity index (χ3v) is 5.93. The molecule has 0 spiro atoms. The quantitative estimate of drug-likeness (QED) is 0.642. The predicted molar refractivity (Wildman–Crippen MR) is 101 cm³/mol. The Morgan fingerprint density at radius 2 is 2.17 bits per heavy atom. The molecule has 1 unspecified atom stereocenters. The van der Waals surface area contributed by atoms with Crippen LogP contribution in [-0.2, 0) is 11.2 Å². The van der Waals surface area contributed by atoms with Crippen LogP contribution in [-0.4, -0.2) is 35.7 Å². The number of thiophene rings is 1. The molecule has 1 aromatic heterocycles. The van der Waals surface area contributed by atoms with E-state index >= 15 is 0 Å². The van der Waals surface area contributed by atoms with Gasteiger partial charge in [0.15, 0.2) is 5.11 Å². The fraction of sp³-hybridized carbons (Fsp3) is 0.647. The number of likely N-dealkylation sites (tertiary alicyclic amines) is 1. The first kappa shape index (κ1) is 18.2. The van der Waals surface area contributed by atoms with Crippen molar-refractivity contribution in [3.8, 4) is 0 Å². The number of hydrogen-bond acceptors (Lipinski definition) is 4. The Bertz CT molecular complexity index is 583. The number of carbonyl (C=O) groups is 1. The number of carbonyl (C=O) groups excluding carboxylic acids is 1. The van der Waals surface area contributed by atoms with Crippen molar-refractivity contribution in [2.45, 2.75) is 58.9 Å². The van der Waals surface area contributed by atoms with Crippen LogP contribution in [0, 0.1) is 6.92 Å². The smallest absolute Gasteiger partial charge is 0.341 e. The number of hydrogen-bond donors (Lipinski definition) is 1. The second-order valence-electron chi connectivity index (χ2n) is 5.87. The van der Waals surface area contributed by atoms with Gasteiger partial charge in [-0.05, 0) is 56.8 Å². The van der Waals surface area contributed by atoms with Gasteiger partial charge in [0, 0.05) is 17.5 Å². The van der Waals surface area contributed by atoms with Crippen LogP contribution in [0.5, 0.6) is 0 Å². The Morgan fingerprint density at radius 1 is 1.43 bits per heavy atom. The summed E-state index contributed by atoms with van der Waals surface area (Å²) >= 11 is 7.22. The third kappa shape index (κ3) is 3.86. The highest BCUT2D eigenvalue weighted by Gasteiger charge is 2.26. The van der Waals surface area contributed by atoms with Crippen LogP contribution < -0.4 is 5.32 Å². The Balaban J connectivity index is 2.25. The van der Waals surface area contributed by atoms with Gasteiger partial charge in [0.25, 0.3) is 0 Å². The lowest BCUT2D eigenvalue weighted by atomic mass is 10.0. The van der Waals surface area contributed by atoms with Gasteiger partial charge in [-0.2, -0.15) is 0 Å². The normalized spacial score (nSPS) is 17.9. The van der Waals surface area contributed by atoms with Crippen molar-refractivity contribution in [1.29, 1.82) is 0 Å². The molecule has 0 bridgehead atoms. The van der Waals surface area contributed by atoms with Crippen molar-refractivity contribution in [3.05, 3.63) is 16.0 Å². The molecule has 1 aliphatic rings. The highest BCUT2D eigenvalue weighted by atomic mass is 32.1. The van der Waals surface area contributed by atoms with E-state index in [4.69, 9.17) is 17.0 Å². The number of rotatable bonds is 4. The fourth-order valence-electron chi connectivity index (χ4n) is 3.27. The summed E-state index contributed by atoms with van der Waals surface area (Å²) in [5.41, 5.74) is 1.70. The van der Waals surface area contributed by atoms with E-state index in [9.17, 15) is 4.79 Å². The summed E-state index contributed by atoms with van der Waals surface area (Å²) in [6.45, 7) is 7.29. The lowest BCUT2D eigenvalue weighted by Gasteiger charge is -2.37. The van der Waals surface area contributed by atoms with Crippen LogP contribution in [0.3, 0.4) is 0 Å². The average molecular weight is 355 g/mol. The van der Waals surface area contributed by atoms with E-state index in [1.165, 1.54) is 26.4 Å². The minimum Gasteiger partial charge on any atom is -0.465 e. The average Bonchev–Trinajstić information content (AvgIpc) is 2.88. The largest absolute Gasteiger partial charge is 0.465 e. The number of ether oxygens (including phenoxy) is 1. The van der Waals surface area contributed by atoms with Crippen LogP contribution in [0.25, 0.3) is 0 Å². The van der Waals surface area contributed by atoms with Gasteiger partial charge in [0.2, 0.25) is 0 Å². The molecular weight excluding hydrogens is 328 g/mol. The SMILES string of the molecule is CCc1c(C)sc(NC(=S)N2CCCCC2CC)c1C(=O)OC. The van der Waals surface area contributed by atoms with Crippen molar-refractivity contribution in [2.75, 3.05) is 19.0 Å².